The summed E-state index contributed by atoms with van der Waals surface area (Å²) in [4.78, 5) is 0. The molecule has 6 unspecified atom stereocenters. The van der Waals surface area contributed by atoms with E-state index in [0.29, 0.717) is 74.5 Å². The molecule has 0 bridgehead atoms. The van der Waals surface area contributed by atoms with Gasteiger partial charge in [0.15, 0.2) is 0 Å². The van der Waals surface area contributed by atoms with E-state index in [4.69, 9.17) is 31.4 Å². The van der Waals surface area contributed by atoms with E-state index in [-0.39, 0.29) is 29.6 Å². The van der Waals surface area contributed by atoms with Crippen LogP contribution in [0.5, 0.6) is 0 Å². The van der Waals surface area contributed by atoms with Crippen LogP contribution >= 0.6 is 0 Å². The fourth-order valence-electron chi connectivity index (χ4n) is 10.0. The van der Waals surface area contributed by atoms with Crippen LogP contribution in [0.15, 0.2) is 0 Å². The molecule has 4 aliphatic rings. The van der Waals surface area contributed by atoms with Crippen LogP contribution < -0.4 is 17.2 Å². The molecule has 11 atom stereocenters. The van der Waals surface area contributed by atoms with Crippen LogP contribution in [0.4, 0.5) is 0 Å². The Kier molecular flexibility index (Phi) is 11.0. The van der Waals surface area contributed by atoms with E-state index in [1.807, 2.05) is 0 Å². The number of hydrogen-bond donors (Lipinski definition) is 4. The smallest absolute Gasteiger partial charge is 0.0637 e. The molecule has 0 spiro atoms. The minimum absolute atomic E-state index is 0.116. The zero-order valence-corrected chi connectivity index (χ0v) is 24.6. The van der Waals surface area contributed by atoms with Crippen molar-refractivity contribution in [2.75, 3.05) is 46.1 Å². The zero-order valence-electron chi connectivity index (χ0n) is 24.6. The van der Waals surface area contributed by atoms with Gasteiger partial charge in [-0.25, -0.2) is 0 Å². The normalized spacial score (nSPS) is 43.3. The molecule has 4 fully saturated rings. The van der Waals surface area contributed by atoms with Crippen molar-refractivity contribution < 1.29 is 19.3 Å². The predicted molar refractivity (Wildman–Crippen MR) is 152 cm³/mol. The highest BCUT2D eigenvalue weighted by Gasteiger charge is 2.66. The molecule has 4 aliphatic carbocycles. The Balaban J connectivity index is 1.66. The van der Waals surface area contributed by atoms with Gasteiger partial charge in [0.25, 0.3) is 0 Å². The fraction of sp³-hybridized carbons (Fsp3) is 1.00. The Morgan fingerprint density at radius 1 is 0.842 bits per heavy atom. The summed E-state index contributed by atoms with van der Waals surface area (Å²) in [6.07, 6.45) is 11.9. The summed E-state index contributed by atoms with van der Waals surface area (Å²) in [5.41, 5.74) is 18.0. The van der Waals surface area contributed by atoms with E-state index in [1.165, 1.54) is 19.3 Å². The first kappa shape index (κ1) is 30.7. The van der Waals surface area contributed by atoms with E-state index in [1.54, 1.807) is 0 Å². The zero-order chi connectivity index (χ0) is 27.3. The lowest BCUT2D eigenvalue weighted by Gasteiger charge is -2.65. The molecule has 222 valence electrons. The lowest BCUT2D eigenvalue weighted by molar-refractivity contribution is -0.227. The van der Waals surface area contributed by atoms with Crippen LogP contribution in [-0.2, 0) is 14.2 Å². The minimum atomic E-state index is 0.116. The highest BCUT2D eigenvalue weighted by molar-refractivity contribution is 5.15. The van der Waals surface area contributed by atoms with E-state index >= 15 is 0 Å². The molecular weight excluding hydrogens is 478 g/mol. The van der Waals surface area contributed by atoms with Crippen molar-refractivity contribution in [1.29, 1.82) is 0 Å². The fourth-order valence-corrected chi connectivity index (χ4v) is 10.0. The topological polar surface area (TPSA) is 126 Å². The average molecular weight is 538 g/mol. The number of aliphatic hydroxyl groups is 1. The number of nitrogens with two attached hydrogens (primary N) is 3. The Morgan fingerprint density at radius 3 is 2.32 bits per heavy atom. The van der Waals surface area contributed by atoms with E-state index in [9.17, 15) is 5.11 Å². The standard InChI is InChI=1S/C31H59N3O4/c1-21(6-4-14-35)24-7-8-25-29-26(20-28(31(24,25)3)38-17-13-34)30(2)10-9-23(36-16-12-33)18-22(30)19-27(29)37-15-5-11-32/h21-29,35H,4-20,32-34H2,1-3H3/t21-,22?,23-,24?,25+,26+,27-,28?,29?,30?,31?/m1/s1. The third-order valence-electron chi connectivity index (χ3n) is 11.8. The van der Waals surface area contributed by atoms with E-state index < -0.39 is 0 Å². The van der Waals surface area contributed by atoms with Crippen molar-refractivity contribution in [1.82, 2.24) is 0 Å². The van der Waals surface area contributed by atoms with Gasteiger partial charge in [-0.15, -0.1) is 0 Å². The van der Waals surface area contributed by atoms with Crippen LogP contribution in [0.25, 0.3) is 0 Å². The summed E-state index contributed by atoms with van der Waals surface area (Å²) in [5.74, 6) is 3.54. The first-order valence-electron chi connectivity index (χ1n) is 15.9. The summed E-state index contributed by atoms with van der Waals surface area (Å²) in [7, 11) is 0. The van der Waals surface area contributed by atoms with Gasteiger partial charge in [0.2, 0.25) is 0 Å². The SMILES string of the molecule is C[C@H](CCCO)C1CC[C@H]2C3[C@H](OCCCN)CC4C[C@H](OCCN)CCC4(C)[C@H]3CC(OCCN)C12C. The minimum Gasteiger partial charge on any atom is -0.396 e. The number of rotatable bonds is 14. The lowest BCUT2D eigenvalue weighted by Crippen LogP contribution is -2.63. The molecular formula is C31H59N3O4. The molecule has 4 saturated carbocycles. The molecule has 7 heteroatoms. The summed E-state index contributed by atoms with van der Waals surface area (Å²) in [5, 5.41) is 9.54. The maximum atomic E-state index is 9.54. The van der Waals surface area contributed by atoms with Gasteiger partial charge < -0.3 is 36.5 Å². The second-order valence-corrected chi connectivity index (χ2v) is 13.6. The molecule has 0 aromatic heterocycles. The molecule has 38 heavy (non-hydrogen) atoms. The van der Waals surface area contributed by atoms with Gasteiger partial charge in [-0.3, -0.25) is 0 Å². The molecule has 0 radical (unpaired) electrons. The monoisotopic (exact) mass is 537 g/mol. The van der Waals surface area contributed by atoms with E-state index in [0.717, 1.165) is 51.6 Å². The Morgan fingerprint density at radius 2 is 1.61 bits per heavy atom. The molecule has 0 saturated heterocycles. The molecule has 7 N–H and O–H groups in total. The number of hydrogen-bond acceptors (Lipinski definition) is 7. The average Bonchev–Trinajstić information content (AvgIpc) is 3.27. The van der Waals surface area contributed by atoms with Crippen LogP contribution in [-0.4, -0.2) is 69.5 Å². The van der Waals surface area contributed by atoms with Crippen molar-refractivity contribution in [3.63, 3.8) is 0 Å². The van der Waals surface area contributed by atoms with Gasteiger partial charge in [-0.1, -0.05) is 20.8 Å². The second-order valence-electron chi connectivity index (χ2n) is 13.6. The van der Waals surface area contributed by atoms with Crippen LogP contribution in [0.2, 0.25) is 0 Å². The van der Waals surface area contributed by atoms with Crippen LogP contribution in [0, 0.1) is 46.3 Å². The third-order valence-corrected chi connectivity index (χ3v) is 11.8. The molecule has 4 rings (SSSR count). The lowest BCUT2D eigenvalue weighted by atomic mass is 9.43. The predicted octanol–water partition coefficient (Wildman–Crippen LogP) is 3.70. The van der Waals surface area contributed by atoms with Gasteiger partial charge in [0.1, 0.15) is 0 Å². The van der Waals surface area contributed by atoms with Crippen molar-refractivity contribution in [2.24, 2.45) is 63.5 Å². The molecule has 0 amide bonds. The number of fused-ring (bicyclic) bond motifs is 5. The molecule has 7 nitrogen and oxygen atoms in total. The molecule has 0 heterocycles. The first-order chi connectivity index (χ1) is 18.3. The van der Waals surface area contributed by atoms with Gasteiger partial charge in [0.05, 0.1) is 31.5 Å². The highest BCUT2D eigenvalue weighted by atomic mass is 16.5. The Hall–Kier alpha value is -0.280. The number of aliphatic hydroxyl groups excluding tert-OH is 1. The molecule has 0 aromatic rings. The summed E-state index contributed by atoms with van der Waals surface area (Å²) >= 11 is 0. The Bertz CT molecular complexity index is 727. The van der Waals surface area contributed by atoms with Crippen LogP contribution in [0.1, 0.15) is 85.0 Å². The van der Waals surface area contributed by atoms with Crippen molar-refractivity contribution in [3.05, 3.63) is 0 Å². The first-order valence-corrected chi connectivity index (χ1v) is 15.9. The summed E-state index contributed by atoms with van der Waals surface area (Å²) in [6.45, 7) is 11.7. The van der Waals surface area contributed by atoms with E-state index in [2.05, 4.69) is 20.8 Å². The second kappa shape index (κ2) is 13.6. The van der Waals surface area contributed by atoms with Crippen molar-refractivity contribution >= 4 is 0 Å². The molecule has 0 aromatic carbocycles. The summed E-state index contributed by atoms with van der Waals surface area (Å²) in [6, 6.07) is 0. The van der Waals surface area contributed by atoms with Gasteiger partial charge in [0, 0.05) is 31.7 Å². The van der Waals surface area contributed by atoms with Crippen molar-refractivity contribution in [2.45, 2.75) is 103 Å². The largest absolute Gasteiger partial charge is 0.396 e. The maximum absolute atomic E-state index is 9.54. The van der Waals surface area contributed by atoms with Gasteiger partial charge in [-0.05, 0) is 112 Å². The molecule has 0 aliphatic heterocycles. The van der Waals surface area contributed by atoms with Gasteiger partial charge in [-0.2, -0.15) is 0 Å². The maximum Gasteiger partial charge on any atom is 0.0637 e. The quantitative estimate of drug-likeness (QED) is 0.249. The Labute approximate surface area is 232 Å². The van der Waals surface area contributed by atoms with Crippen LogP contribution in [0.3, 0.4) is 0 Å². The van der Waals surface area contributed by atoms with Crippen molar-refractivity contribution in [3.8, 4) is 0 Å². The third kappa shape index (κ3) is 5.86. The number of ether oxygens (including phenoxy) is 3. The highest BCUT2D eigenvalue weighted by Crippen LogP contribution is 2.69. The van der Waals surface area contributed by atoms with Gasteiger partial charge >= 0.3 is 0 Å². The summed E-state index contributed by atoms with van der Waals surface area (Å²) < 4.78 is 19.7.